The van der Waals surface area contributed by atoms with Crippen molar-refractivity contribution in [2.75, 3.05) is 11.0 Å². The van der Waals surface area contributed by atoms with E-state index in [4.69, 9.17) is 4.74 Å². The fourth-order valence-electron chi connectivity index (χ4n) is 0.916. The molecule has 14 heavy (non-hydrogen) atoms. The van der Waals surface area contributed by atoms with Crippen molar-refractivity contribution in [3.05, 3.63) is 42.0 Å². The first-order chi connectivity index (χ1) is 6.83. The van der Waals surface area contributed by atoms with Crippen LogP contribution in [0.2, 0.25) is 0 Å². The summed E-state index contributed by atoms with van der Waals surface area (Å²) >= 11 is 5.17. The van der Waals surface area contributed by atoms with Gasteiger partial charge in [-0.25, -0.2) is 0 Å². The second-order valence-electron chi connectivity index (χ2n) is 2.60. The average molecular weight is 338 g/mol. The normalized spacial score (nSPS) is 10.6. The number of alkyl halides is 1. The van der Waals surface area contributed by atoms with Crippen LogP contribution in [0.5, 0.6) is 0 Å². The van der Waals surface area contributed by atoms with Crippen molar-refractivity contribution in [2.24, 2.45) is 0 Å². The number of hydrogen-bond acceptors (Lipinski definition) is 1. The summed E-state index contributed by atoms with van der Waals surface area (Å²) in [5.41, 5.74) is 1.18. The summed E-state index contributed by atoms with van der Waals surface area (Å²) in [6.45, 7) is 0.752. The molecule has 0 aromatic heterocycles. The molecular formula is C11H11CrIO. The number of hydrogen-bond donors (Lipinski definition) is 0. The monoisotopic (exact) mass is 338 g/mol. The molecule has 0 atom stereocenters. The number of ether oxygens (including phenoxy) is 1. The van der Waals surface area contributed by atoms with Gasteiger partial charge in [-0.3, -0.25) is 0 Å². The zero-order valence-corrected chi connectivity index (χ0v) is 11.1. The van der Waals surface area contributed by atoms with Crippen LogP contribution in [0.15, 0.2) is 36.4 Å². The summed E-state index contributed by atoms with van der Waals surface area (Å²) in [4.78, 5) is 0. The van der Waals surface area contributed by atoms with Crippen LogP contribution in [0.4, 0.5) is 0 Å². The van der Waals surface area contributed by atoms with E-state index < -0.39 is 0 Å². The summed E-state index contributed by atoms with van der Waals surface area (Å²) in [5.74, 6) is 0. The second kappa shape index (κ2) is 7.36. The Bertz CT molecular complexity index is 308. The van der Waals surface area contributed by atoms with Crippen LogP contribution in [0.3, 0.4) is 0 Å². The predicted octanol–water partition coefficient (Wildman–Crippen LogP) is 2.83. The van der Waals surface area contributed by atoms with Crippen LogP contribution in [0, 0.1) is 0 Å². The Morgan fingerprint density at radius 1 is 1.36 bits per heavy atom. The predicted molar refractivity (Wildman–Crippen MR) is 65.3 cm³/mol. The minimum atomic E-state index is 0.752. The van der Waals surface area contributed by atoms with Crippen LogP contribution >= 0.6 is 22.6 Å². The van der Waals surface area contributed by atoms with Gasteiger partial charge in [-0.15, -0.1) is 0 Å². The summed E-state index contributed by atoms with van der Waals surface area (Å²) in [6, 6.07) is 10.2. The zero-order chi connectivity index (χ0) is 10.2. The van der Waals surface area contributed by atoms with Crippen molar-refractivity contribution in [3.63, 3.8) is 0 Å². The molecule has 0 unspecified atom stereocenters. The quantitative estimate of drug-likeness (QED) is 0.593. The van der Waals surface area contributed by atoms with E-state index in [0.29, 0.717) is 0 Å². The molecule has 1 rings (SSSR count). The number of benzene rings is 1. The fourth-order valence-corrected chi connectivity index (χ4v) is 1.37. The maximum atomic E-state index is 5.38. The molecule has 1 nitrogen and oxygen atoms in total. The molecule has 3 heteroatoms. The average Bonchev–Trinajstić information content (AvgIpc) is 2.25. The maximum absolute atomic E-state index is 5.38. The van der Waals surface area contributed by atoms with Crippen molar-refractivity contribution in [1.82, 2.24) is 0 Å². The molecule has 0 heterocycles. The first-order valence-corrected chi connectivity index (χ1v) is 6.45. The van der Waals surface area contributed by atoms with Crippen molar-refractivity contribution in [1.29, 1.82) is 0 Å². The third-order valence-electron chi connectivity index (χ3n) is 1.53. The van der Waals surface area contributed by atoms with E-state index in [1.807, 2.05) is 30.4 Å². The Kier molecular flexibility index (Phi) is 6.37. The molecule has 0 spiro atoms. The Hall–Kier alpha value is 0.0525. The summed E-state index contributed by atoms with van der Waals surface area (Å²) in [7, 11) is 0. The van der Waals surface area contributed by atoms with Gasteiger partial charge in [-0.2, -0.15) is 0 Å². The standard InChI is InChI=1S/C11H11IO.Cr/c12-8-10-13-9-4-7-11-5-2-1-3-6-11;/h1-7H,8,10H2;/b7-4+;. The first kappa shape index (κ1) is 12.1. The molecule has 0 saturated heterocycles. The van der Waals surface area contributed by atoms with Gasteiger partial charge in [-0.05, 0) is 0 Å². The summed E-state index contributed by atoms with van der Waals surface area (Å²) < 4.78 is 7.22. The van der Waals surface area contributed by atoms with E-state index in [1.165, 1.54) is 5.56 Å². The van der Waals surface area contributed by atoms with Crippen molar-refractivity contribution in [2.45, 2.75) is 0 Å². The first-order valence-electron chi connectivity index (χ1n) is 4.29. The molecule has 0 saturated carbocycles. The van der Waals surface area contributed by atoms with E-state index in [0.717, 1.165) is 15.6 Å². The topological polar surface area (TPSA) is 9.23 Å². The zero-order valence-electron chi connectivity index (χ0n) is 7.65. The van der Waals surface area contributed by atoms with Crippen LogP contribution in [0.1, 0.15) is 5.56 Å². The van der Waals surface area contributed by atoms with E-state index in [-0.39, 0.29) is 0 Å². The fraction of sp³-hybridized carbons (Fsp3) is 0.182. The Balaban J connectivity index is 2.44. The summed E-state index contributed by atoms with van der Waals surface area (Å²) in [6.07, 6.45) is 3.97. The Morgan fingerprint density at radius 3 is 2.71 bits per heavy atom. The SMILES string of the molecule is [Cr]=[C](/C=C/c1ccccc1)OCCI. The molecule has 0 amide bonds. The number of rotatable bonds is 5. The Labute approximate surface area is 106 Å². The third-order valence-corrected chi connectivity index (χ3v) is 2.37. The molecule has 1 aromatic rings. The van der Waals surface area contributed by atoms with Gasteiger partial charge in [0.25, 0.3) is 0 Å². The van der Waals surface area contributed by atoms with Gasteiger partial charge >= 0.3 is 107 Å². The van der Waals surface area contributed by atoms with Gasteiger partial charge in [0, 0.05) is 0 Å². The second-order valence-corrected chi connectivity index (χ2v) is 4.31. The van der Waals surface area contributed by atoms with Crippen LogP contribution < -0.4 is 0 Å². The van der Waals surface area contributed by atoms with Crippen molar-refractivity contribution in [3.8, 4) is 0 Å². The molecule has 1 aromatic carbocycles. The van der Waals surface area contributed by atoms with Gasteiger partial charge in [0.2, 0.25) is 0 Å². The van der Waals surface area contributed by atoms with E-state index in [2.05, 4.69) is 50.6 Å². The molecule has 0 aliphatic heterocycles. The van der Waals surface area contributed by atoms with E-state index in [9.17, 15) is 0 Å². The molecule has 0 fully saturated rings. The molecular weight excluding hydrogens is 327 g/mol. The van der Waals surface area contributed by atoms with Crippen molar-refractivity contribution >= 4 is 33.2 Å². The molecule has 0 aliphatic rings. The molecule has 0 bridgehead atoms. The van der Waals surface area contributed by atoms with Gasteiger partial charge in [0.05, 0.1) is 0 Å². The molecule has 74 valence electrons. The summed E-state index contributed by atoms with van der Waals surface area (Å²) in [5, 5.41) is 0. The van der Waals surface area contributed by atoms with Crippen LogP contribution in [0.25, 0.3) is 6.08 Å². The molecule has 0 radical (unpaired) electrons. The van der Waals surface area contributed by atoms with Gasteiger partial charge in [0.15, 0.2) is 0 Å². The molecule has 0 N–H and O–H groups in total. The van der Waals surface area contributed by atoms with Gasteiger partial charge < -0.3 is 0 Å². The minimum absolute atomic E-state index is 0.752. The van der Waals surface area contributed by atoms with Gasteiger partial charge in [-0.1, -0.05) is 0 Å². The third kappa shape index (κ3) is 5.06. The molecule has 0 aliphatic carbocycles. The van der Waals surface area contributed by atoms with Crippen LogP contribution in [-0.4, -0.2) is 15.6 Å². The Morgan fingerprint density at radius 2 is 2.07 bits per heavy atom. The number of halogens is 1. The van der Waals surface area contributed by atoms with E-state index >= 15 is 0 Å². The van der Waals surface area contributed by atoms with Crippen LogP contribution in [-0.2, 0) is 20.6 Å². The van der Waals surface area contributed by atoms with Gasteiger partial charge in [0.1, 0.15) is 0 Å². The van der Waals surface area contributed by atoms with Crippen molar-refractivity contribution < 1.29 is 20.6 Å². The van der Waals surface area contributed by atoms with E-state index in [1.54, 1.807) is 0 Å².